The number of halogens is 1. The smallest absolute Gasteiger partial charge is 0.296 e. The quantitative estimate of drug-likeness (QED) is 0.286. The number of fused-ring (bicyclic) bond motifs is 2. The number of hydrogen-bond donors (Lipinski definition) is 1. The second kappa shape index (κ2) is 7.89. The third-order valence-electron chi connectivity index (χ3n) is 5.64. The number of benzene rings is 2. The molecule has 0 fully saturated rings. The fourth-order valence-electron chi connectivity index (χ4n) is 4.11. The number of thiazole rings is 1. The number of ketones is 1. The number of aliphatic hydroxyl groups excluding tert-OH is 1. The van der Waals surface area contributed by atoms with Gasteiger partial charge in [0.15, 0.2) is 16.7 Å². The highest BCUT2D eigenvalue weighted by atomic mass is 79.9. The maximum Gasteiger partial charge on any atom is 0.296 e. The van der Waals surface area contributed by atoms with Crippen molar-refractivity contribution >= 4 is 65.3 Å². The molecule has 0 saturated heterocycles. The lowest BCUT2D eigenvalue weighted by Crippen LogP contribution is -2.31. The van der Waals surface area contributed by atoms with Crippen molar-refractivity contribution in [3.8, 4) is 0 Å². The van der Waals surface area contributed by atoms with Gasteiger partial charge in [-0.05, 0) is 48.0 Å². The standard InChI is InChI=1S/C25H14BrN3O4S/c26-15-7-8-17-14(10-15)11-18(33-17)22(30)20-21(13-4-3-9-27-12-13)29(24(32)23(20)31)25-28-16-5-1-2-6-19(16)34-25/h1-12,21,31H. The number of Topliss-reactive ketones (excluding diaryl/α,β-unsaturated/α-hetero) is 1. The van der Waals surface area contributed by atoms with Crippen LogP contribution in [0.4, 0.5) is 5.13 Å². The number of aromatic nitrogens is 2. The molecule has 1 aliphatic rings. The van der Waals surface area contributed by atoms with Gasteiger partial charge in [0.1, 0.15) is 5.58 Å². The van der Waals surface area contributed by atoms with E-state index < -0.39 is 23.5 Å². The molecule has 0 bridgehead atoms. The minimum atomic E-state index is -0.908. The van der Waals surface area contributed by atoms with Crippen molar-refractivity contribution in [3.63, 3.8) is 0 Å². The second-order valence-corrected chi connectivity index (χ2v) is 9.64. The van der Waals surface area contributed by atoms with Crippen LogP contribution < -0.4 is 4.90 Å². The summed E-state index contributed by atoms with van der Waals surface area (Å²) in [7, 11) is 0. The molecule has 166 valence electrons. The highest BCUT2D eigenvalue weighted by Gasteiger charge is 2.46. The normalized spacial score (nSPS) is 16.2. The van der Waals surface area contributed by atoms with Crippen LogP contribution in [0.2, 0.25) is 0 Å². The Bertz CT molecular complexity index is 1610. The lowest BCUT2D eigenvalue weighted by Gasteiger charge is -2.23. The van der Waals surface area contributed by atoms with Gasteiger partial charge in [-0.15, -0.1) is 0 Å². The summed E-state index contributed by atoms with van der Waals surface area (Å²) >= 11 is 4.72. The van der Waals surface area contributed by atoms with Gasteiger partial charge in [-0.1, -0.05) is 45.5 Å². The van der Waals surface area contributed by atoms with E-state index in [1.165, 1.54) is 16.2 Å². The van der Waals surface area contributed by atoms with E-state index in [9.17, 15) is 14.7 Å². The number of pyridine rings is 1. The Morgan fingerprint density at radius 2 is 1.97 bits per heavy atom. The van der Waals surface area contributed by atoms with E-state index in [-0.39, 0.29) is 11.3 Å². The molecule has 2 aromatic carbocycles. The summed E-state index contributed by atoms with van der Waals surface area (Å²) in [6.45, 7) is 0. The minimum Gasteiger partial charge on any atom is -0.503 e. The molecular weight excluding hydrogens is 518 g/mol. The van der Waals surface area contributed by atoms with E-state index in [1.807, 2.05) is 36.4 Å². The summed E-state index contributed by atoms with van der Waals surface area (Å²) in [6.07, 6.45) is 3.17. The number of amides is 1. The highest BCUT2D eigenvalue weighted by molar-refractivity contribution is 9.10. The first-order valence-corrected chi connectivity index (χ1v) is 11.9. The predicted octanol–water partition coefficient (Wildman–Crippen LogP) is 5.98. The average Bonchev–Trinajstić information content (AvgIpc) is 3.53. The van der Waals surface area contributed by atoms with E-state index in [2.05, 4.69) is 25.9 Å². The Kier molecular flexibility index (Phi) is 4.82. The molecule has 9 heteroatoms. The van der Waals surface area contributed by atoms with Gasteiger partial charge in [0.25, 0.3) is 5.91 Å². The van der Waals surface area contributed by atoms with Crippen molar-refractivity contribution in [2.45, 2.75) is 6.04 Å². The van der Waals surface area contributed by atoms with Crippen LogP contribution in [0.15, 0.2) is 93.3 Å². The van der Waals surface area contributed by atoms with E-state index in [1.54, 1.807) is 36.7 Å². The van der Waals surface area contributed by atoms with Crippen LogP contribution in [0.1, 0.15) is 22.2 Å². The minimum absolute atomic E-state index is 0.0301. The van der Waals surface area contributed by atoms with Gasteiger partial charge in [0, 0.05) is 22.3 Å². The Labute approximate surface area is 205 Å². The van der Waals surface area contributed by atoms with Crippen LogP contribution in [0.3, 0.4) is 0 Å². The van der Waals surface area contributed by atoms with Crippen molar-refractivity contribution in [2.75, 3.05) is 4.90 Å². The zero-order chi connectivity index (χ0) is 23.4. The molecule has 34 heavy (non-hydrogen) atoms. The molecule has 0 spiro atoms. The first kappa shape index (κ1) is 20.8. The van der Waals surface area contributed by atoms with Crippen molar-refractivity contribution in [1.29, 1.82) is 0 Å². The fraction of sp³-hybridized carbons (Fsp3) is 0.0400. The third kappa shape index (κ3) is 3.24. The first-order chi connectivity index (χ1) is 16.5. The summed E-state index contributed by atoms with van der Waals surface area (Å²) in [5.41, 5.74) is 1.75. The van der Waals surface area contributed by atoms with Crippen molar-refractivity contribution in [2.24, 2.45) is 0 Å². The number of furan rings is 1. The molecule has 6 rings (SSSR count). The van der Waals surface area contributed by atoms with E-state index in [0.29, 0.717) is 16.3 Å². The van der Waals surface area contributed by atoms with Gasteiger partial charge in [0.05, 0.1) is 21.8 Å². The molecular formula is C25H14BrN3O4S. The zero-order valence-corrected chi connectivity index (χ0v) is 19.7. The van der Waals surface area contributed by atoms with Gasteiger partial charge in [-0.2, -0.15) is 0 Å². The zero-order valence-electron chi connectivity index (χ0n) is 17.3. The molecule has 1 aliphatic heterocycles. The van der Waals surface area contributed by atoms with E-state index in [0.717, 1.165) is 20.1 Å². The molecule has 1 amide bonds. The van der Waals surface area contributed by atoms with Crippen molar-refractivity contribution < 1.29 is 19.1 Å². The van der Waals surface area contributed by atoms with Gasteiger partial charge in [-0.3, -0.25) is 19.5 Å². The van der Waals surface area contributed by atoms with E-state index in [4.69, 9.17) is 4.42 Å². The topological polar surface area (TPSA) is 96.5 Å². The van der Waals surface area contributed by atoms with Crippen molar-refractivity contribution in [1.82, 2.24) is 9.97 Å². The number of hydrogen-bond acceptors (Lipinski definition) is 7. The summed E-state index contributed by atoms with van der Waals surface area (Å²) < 4.78 is 7.51. The SMILES string of the molecule is O=C(C1=C(O)C(=O)N(c2nc3ccccc3s2)C1c1cccnc1)c1cc2cc(Br)ccc2o1. The molecule has 1 unspecified atom stereocenters. The van der Waals surface area contributed by atoms with Gasteiger partial charge >= 0.3 is 0 Å². The molecule has 3 aromatic heterocycles. The lowest BCUT2D eigenvalue weighted by molar-refractivity contribution is -0.117. The Morgan fingerprint density at radius 3 is 2.76 bits per heavy atom. The van der Waals surface area contributed by atoms with Crippen LogP contribution in [-0.2, 0) is 4.79 Å². The number of para-hydroxylation sites is 1. The fourth-order valence-corrected chi connectivity index (χ4v) is 5.48. The number of nitrogens with zero attached hydrogens (tertiary/aromatic N) is 3. The van der Waals surface area contributed by atoms with Crippen LogP contribution in [-0.4, -0.2) is 26.8 Å². The Hall–Kier alpha value is -3.82. The first-order valence-electron chi connectivity index (χ1n) is 10.3. The van der Waals surface area contributed by atoms with Gasteiger partial charge in [0.2, 0.25) is 5.78 Å². The number of anilines is 1. The lowest BCUT2D eigenvalue weighted by atomic mass is 9.96. The molecule has 7 nitrogen and oxygen atoms in total. The molecule has 1 N–H and O–H groups in total. The average molecular weight is 532 g/mol. The molecule has 1 atom stereocenters. The maximum atomic E-state index is 13.7. The third-order valence-corrected chi connectivity index (χ3v) is 7.17. The van der Waals surface area contributed by atoms with Crippen LogP contribution in [0.25, 0.3) is 21.2 Å². The molecule has 5 aromatic rings. The monoisotopic (exact) mass is 531 g/mol. The van der Waals surface area contributed by atoms with Crippen LogP contribution in [0.5, 0.6) is 0 Å². The largest absolute Gasteiger partial charge is 0.503 e. The number of carbonyl (C=O) groups excluding carboxylic acids is 2. The summed E-state index contributed by atoms with van der Waals surface area (Å²) in [6, 6.07) is 17.1. The van der Waals surface area contributed by atoms with E-state index >= 15 is 0 Å². The second-order valence-electron chi connectivity index (χ2n) is 7.71. The number of carbonyl (C=O) groups is 2. The van der Waals surface area contributed by atoms with Crippen molar-refractivity contribution in [3.05, 3.63) is 100 Å². The van der Waals surface area contributed by atoms with Crippen LogP contribution in [0, 0.1) is 0 Å². The Morgan fingerprint density at radius 1 is 1.12 bits per heavy atom. The van der Waals surface area contributed by atoms with Crippen LogP contribution >= 0.6 is 27.3 Å². The highest BCUT2D eigenvalue weighted by Crippen LogP contribution is 2.44. The summed E-state index contributed by atoms with van der Waals surface area (Å²) in [4.78, 5) is 37.1. The van der Waals surface area contributed by atoms with Gasteiger partial charge in [-0.25, -0.2) is 4.98 Å². The Balaban J connectivity index is 1.50. The maximum absolute atomic E-state index is 13.7. The molecule has 0 saturated carbocycles. The molecule has 0 aliphatic carbocycles. The predicted molar refractivity (Wildman–Crippen MR) is 132 cm³/mol. The summed E-state index contributed by atoms with van der Waals surface area (Å²) in [5.74, 6) is -1.87. The number of rotatable bonds is 4. The van der Waals surface area contributed by atoms with Gasteiger partial charge < -0.3 is 9.52 Å². The number of aliphatic hydroxyl groups is 1. The summed E-state index contributed by atoms with van der Waals surface area (Å²) in [5, 5.41) is 12.0. The molecule has 4 heterocycles. The molecule has 0 radical (unpaired) electrons.